The van der Waals surface area contributed by atoms with Crippen LogP contribution >= 0.6 is 0 Å². The van der Waals surface area contributed by atoms with Gasteiger partial charge in [-0.1, -0.05) is 44.2 Å². The van der Waals surface area contributed by atoms with Crippen LogP contribution in [0, 0.1) is 11.7 Å². The van der Waals surface area contributed by atoms with E-state index in [9.17, 15) is 14.0 Å². The second-order valence-corrected chi connectivity index (χ2v) is 9.62. The van der Waals surface area contributed by atoms with Gasteiger partial charge < -0.3 is 19.9 Å². The molecule has 1 aliphatic rings. The van der Waals surface area contributed by atoms with Crippen molar-refractivity contribution in [1.82, 2.24) is 5.32 Å². The molecule has 2 aromatic carbocycles. The molecule has 0 aromatic heterocycles. The van der Waals surface area contributed by atoms with Crippen LogP contribution in [0.15, 0.2) is 41.4 Å². The van der Waals surface area contributed by atoms with E-state index in [1.165, 1.54) is 26.7 Å². The number of benzene rings is 2. The topological polar surface area (TPSA) is 112 Å². The van der Waals surface area contributed by atoms with Crippen LogP contribution in [-0.2, 0) is 22.4 Å². The predicted octanol–water partition coefficient (Wildman–Crippen LogP) is 4.37. The first-order valence-electron chi connectivity index (χ1n) is 13.0. The van der Waals surface area contributed by atoms with Gasteiger partial charge in [0.2, 0.25) is 5.91 Å². The summed E-state index contributed by atoms with van der Waals surface area (Å²) in [6.45, 7) is 0. The highest BCUT2D eigenvalue weighted by molar-refractivity contribution is 5.98. The molecule has 1 atom stereocenters. The van der Waals surface area contributed by atoms with E-state index >= 15 is 0 Å². The van der Waals surface area contributed by atoms with Gasteiger partial charge in [-0.15, -0.1) is 0 Å². The maximum Gasteiger partial charge on any atom is 0.231 e. The minimum absolute atomic E-state index is 0.0593. The van der Waals surface area contributed by atoms with Gasteiger partial charge in [0.15, 0.2) is 34.8 Å². The molecule has 0 bridgehead atoms. The first-order valence-corrected chi connectivity index (χ1v) is 13.0. The third-order valence-electron chi connectivity index (χ3n) is 6.90. The van der Waals surface area contributed by atoms with E-state index in [4.69, 9.17) is 19.9 Å². The molecule has 206 valence electrons. The van der Waals surface area contributed by atoms with Gasteiger partial charge >= 0.3 is 0 Å². The van der Waals surface area contributed by atoms with Crippen LogP contribution < -0.4 is 25.3 Å². The molecule has 38 heavy (non-hydrogen) atoms. The zero-order valence-electron chi connectivity index (χ0n) is 22.4. The van der Waals surface area contributed by atoms with E-state index in [2.05, 4.69) is 10.3 Å². The summed E-state index contributed by atoms with van der Waals surface area (Å²) >= 11 is 0. The average Bonchev–Trinajstić information content (AvgIpc) is 2.92. The number of halogens is 1. The number of nitrogens with one attached hydrogen (secondary N) is 1. The molecular formula is C29H38FN3O5. The molecular weight excluding hydrogens is 489 g/mol. The van der Waals surface area contributed by atoms with Crippen molar-refractivity contribution < 1.29 is 28.2 Å². The molecule has 0 spiro atoms. The zero-order valence-corrected chi connectivity index (χ0v) is 22.4. The van der Waals surface area contributed by atoms with Crippen molar-refractivity contribution in [2.24, 2.45) is 16.6 Å². The molecule has 0 saturated heterocycles. The molecule has 1 amide bonds. The fourth-order valence-electron chi connectivity index (χ4n) is 4.85. The number of ether oxygens (including phenoxy) is 3. The molecule has 0 radical (unpaired) electrons. The number of ketones is 1. The van der Waals surface area contributed by atoms with Crippen molar-refractivity contribution in [3.05, 3.63) is 53.3 Å². The van der Waals surface area contributed by atoms with E-state index < -0.39 is 11.9 Å². The van der Waals surface area contributed by atoms with Crippen molar-refractivity contribution in [2.75, 3.05) is 21.3 Å². The lowest BCUT2D eigenvalue weighted by molar-refractivity contribution is -0.121. The SMILES string of the molecule is COc1cc(CCC(=O)[C@@H](CC2CCCCC2)N=C(N)NC(=O)Cc2ccc(OC)c(OC)c2)ccc1F. The second-order valence-electron chi connectivity index (χ2n) is 9.62. The number of hydrogen-bond donors (Lipinski definition) is 2. The summed E-state index contributed by atoms with van der Waals surface area (Å²) in [5.74, 6) is 0.705. The van der Waals surface area contributed by atoms with Crippen LogP contribution in [0.1, 0.15) is 56.1 Å². The summed E-state index contributed by atoms with van der Waals surface area (Å²) < 4.78 is 29.3. The molecule has 1 aliphatic carbocycles. The van der Waals surface area contributed by atoms with E-state index in [0.717, 1.165) is 36.8 Å². The van der Waals surface area contributed by atoms with Gasteiger partial charge in [0.25, 0.3) is 0 Å². The Balaban J connectivity index is 1.67. The lowest BCUT2D eigenvalue weighted by Crippen LogP contribution is -2.40. The van der Waals surface area contributed by atoms with E-state index in [0.29, 0.717) is 30.3 Å². The first kappa shape index (κ1) is 28.9. The molecule has 3 rings (SSSR count). The standard InChI is InChI=1S/C29H38FN3O5/c1-36-25-14-11-21(17-27(25)38-3)18-28(35)33-29(31)32-23(15-19-7-5-4-6-8-19)24(34)13-10-20-9-12-22(30)26(16-20)37-2/h9,11-12,14,16-17,19,23H,4-8,10,13,15,18H2,1-3H3,(H3,31,32,33,35)/t23-/m1/s1. The van der Waals surface area contributed by atoms with E-state index in [1.54, 1.807) is 37.4 Å². The minimum Gasteiger partial charge on any atom is -0.494 e. The Morgan fingerprint density at radius 2 is 1.63 bits per heavy atom. The molecule has 9 heteroatoms. The van der Waals surface area contributed by atoms with Crippen LogP contribution in [-0.4, -0.2) is 45.0 Å². The summed E-state index contributed by atoms with van der Waals surface area (Å²) in [6, 6.07) is 9.16. The quantitative estimate of drug-likeness (QED) is 0.313. The van der Waals surface area contributed by atoms with Crippen LogP contribution in [0.3, 0.4) is 0 Å². The number of hydrogen-bond acceptors (Lipinski definition) is 6. The summed E-state index contributed by atoms with van der Waals surface area (Å²) in [4.78, 5) is 30.4. The minimum atomic E-state index is -0.651. The molecule has 3 N–H and O–H groups in total. The molecule has 0 aliphatic heterocycles. The first-order chi connectivity index (χ1) is 18.3. The Bertz CT molecular complexity index is 1130. The fraction of sp³-hybridized carbons (Fsp3) is 0.483. The molecule has 1 fully saturated rings. The van der Waals surface area contributed by atoms with Crippen molar-refractivity contribution in [2.45, 2.75) is 63.8 Å². The van der Waals surface area contributed by atoms with Gasteiger partial charge in [0.1, 0.15) is 6.04 Å². The van der Waals surface area contributed by atoms with Crippen molar-refractivity contribution in [3.8, 4) is 17.2 Å². The Hall–Kier alpha value is -3.62. The third-order valence-corrected chi connectivity index (χ3v) is 6.90. The van der Waals surface area contributed by atoms with Crippen LogP contribution in [0.2, 0.25) is 0 Å². The Morgan fingerprint density at radius 3 is 2.32 bits per heavy atom. The molecule has 1 saturated carbocycles. The summed E-state index contributed by atoms with van der Waals surface area (Å²) in [5.41, 5.74) is 7.62. The molecule has 2 aromatic rings. The summed E-state index contributed by atoms with van der Waals surface area (Å²) in [6.07, 6.45) is 6.91. The number of aliphatic imine (C=N–C) groups is 1. The summed E-state index contributed by atoms with van der Waals surface area (Å²) in [5, 5.41) is 2.62. The number of methoxy groups -OCH3 is 3. The normalized spacial score (nSPS) is 15.0. The highest BCUT2D eigenvalue weighted by atomic mass is 19.1. The number of carbonyl (C=O) groups excluding carboxylic acids is 2. The van der Waals surface area contributed by atoms with Gasteiger partial charge in [-0.25, -0.2) is 9.38 Å². The molecule has 0 unspecified atom stereocenters. The number of guanidine groups is 1. The number of amides is 1. The molecule has 0 heterocycles. The van der Waals surface area contributed by atoms with Crippen LogP contribution in [0.4, 0.5) is 4.39 Å². The Kier molecular flexibility index (Phi) is 10.9. The smallest absolute Gasteiger partial charge is 0.231 e. The van der Waals surface area contributed by atoms with Gasteiger partial charge in [-0.05, 0) is 54.2 Å². The van der Waals surface area contributed by atoms with Gasteiger partial charge in [0, 0.05) is 6.42 Å². The van der Waals surface area contributed by atoms with Gasteiger partial charge in [-0.2, -0.15) is 0 Å². The number of aryl methyl sites for hydroxylation is 1. The number of nitrogens with zero attached hydrogens (tertiary/aromatic N) is 1. The van der Waals surface area contributed by atoms with Crippen molar-refractivity contribution in [3.63, 3.8) is 0 Å². The number of carbonyl (C=O) groups is 2. The highest BCUT2D eigenvalue weighted by Gasteiger charge is 2.24. The number of rotatable bonds is 12. The number of nitrogens with two attached hydrogens (primary N) is 1. The zero-order chi connectivity index (χ0) is 27.5. The Labute approximate surface area is 223 Å². The third kappa shape index (κ3) is 8.46. The fourth-order valence-corrected chi connectivity index (χ4v) is 4.85. The second kappa shape index (κ2) is 14.4. The van der Waals surface area contributed by atoms with Crippen molar-refractivity contribution >= 4 is 17.6 Å². The lowest BCUT2D eigenvalue weighted by Gasteiger charge is -2.24. The average molecular weight is 528 g/mol. The predicted molar refractivity (Wildman–Crippen MR) is 144 cm³/mol. The van der Waals surface area contributed by atoms with Gasteiger partial charge in [0.05, 0.1) is 27.8 Å². The Morgan fingerprint density at radius 1 is 0.974 bits per heavy atom. The monoisotopic (exact) mass is 527 g/mol. The highest BCUT2D eigenvalue weighted by Crippen LogP contribution is 2.29. The van der Waals surface area contributed by atoms with Crippen LogP contribution in [0.25, 0.3) is 0 Å². The maximum atomic E-state index is 13.7. The van der Waals surface area contributed by atoms with Crippen LogP contribution in [0.5, 0.6) is 17.2 Å². The lowest BCUT2D eigenvalue weighted by atomic mass is 9.83. The molecule has 8 nitrogen and oxygen atoms in total. The van der Waals surface area contributed by atoms with Gasteiger partial charge in [-0.3, -0.25) is 14.9 Å². The maximum absolute atomic E-state index is 13.7. The van der Waals surface area contributed by atoms with E-state index in [1.807, 2.05) is 0 Å². The van der Waals surface area contributed by atoms with E-state index in [-0.39, 0.29) is 36.2 Å². The van der Waals surface area contributed by atoms with Crippen molar-refractivity contribution in [1.29, 1.82) is 0 Å². The summed E-state index contributed by atoms with van der Waals surface area (Å²) in [7, 11) is 4.48. The number of Topliss-reactive ketones (excluding diaryl/α,β-unsaturated/α-hetero) is 1. The largest absolute Gasteiger partial charge is 0.494 e.